The first-order valence-electron chi connectivity index (χ1n) is 13.3. The number of ketones is 1. The van der Waals surface area contributed by atoms with Crippen LogP contribution in [-0.2, 0) is 4.79 Å². The first kappa shape index (κ1) is 26.9. The Hall–Kier alpha value is -3.72. The summed E-state index contributed by atoms with van der Waals surface area (Å²) in [5.74, 6) is 0.730. The lowest BCUT2D eigenvalue weighted by atomic mass is 9.88. The fraction of sp³-hybridized carbons (Fsp3) is 0.333. The standard InChI is InChI=1S/C30H33BrN6O2/c1-37(2)28-15-16-32-30(36-28)35-22-13-11-21(12-14-22)34-29(39)24(17-27(38)19-7-9-20(31)10-8-19)25-18-33-26-6-4-3-5-23(25)26/h3-10,15-16,18,21-22,24,33H,11-14,17H2,1-2H3,(H,34,39)(H,32,35,36)/t21-,22+,24?. The number of anilines is 2. The van der Waals surface area contributed by atoms with E-state index in [9.17, 15) is 9.59 Å². The molecule has 0 bridgehead atoms. The minimum atomic E-state index is -0.588. The van der Waals surface area contributed by atoms with Crippen molar-refractivity contribution in [2.24, 2.45) is 0 Å². The van der Waals surface area contributed by atoms with Crippen molar-refractivity contribution in [2.75, 3.05) is 24.3 Å². The maximum atomic E-state index is 13.7. The molecule has 1 aliphatic carbocycles. The van der Waals surface area contributed by atoms with Crippen LogP contribution in [-0.4, -0.2) is 52.8 Å². The molecular formula is C30H33BrN6O2. The Labute approximate surface area is 236 Å². The lowest BCUT2D eigenvalue weighted by Crippen LogP contribution is -2.42. The van der Waals surface area contributed by atoms with E-state index in [1.807, 2.05) is 67.7 Å². The summed E-state index contributed by atoms with van der Waals surface area (Å²) >= 11 is 3.42. The highest BCUT2D eigenvalue weighted by atomic mass is 79.9. The van der Waals surface area contributed by atoms with Crippen LogP contribution in [0.1, 0.15) is 53.9 Å². The Morgan fingerprint density at radius 2 is 1.74 bits per heavy atom. The number of nitrogens with zero attached hydrogens (tertiary/aromatic N) is 3. The summed E-state index contributed by atoms with van der Waals surface area (Å²) in [6.45, 7) is 0. The summed E-state index contributed by atoms with van der Waals surface area (Å²) in [4.78, 5) is 41.1. The summed E-state index contributed by atoms with van der Waals surface area (Å²) in [7, 11) is 3.91. The molecule has 1 unspecified atom stereocenters. The van der Waals surface area contributed by atoms with Gasteiger partial charge in [0.25, 0.3) is 0 Å². The minimum absolute atomic E-state index is 0.0548. The Morgan fingerprint density at radius 3 is 2.49 bits per heavy atom. The number of para-hydroxylation sites is 1. The highest BCUT2D eigenvalue weighted by Gasteiger charge is 2.30. The van der Waals surface area contributed by atoms with Crippen molar-refractivity contribution in [3.63, 3.8) is 0 Å². The number of rotatable bonds is 9. The smallest absolute Gasteiger partial charge is 0.228 e. The van der Waals surface area contributed by atoms with Crippen LogP contribution in [0.3, 0.4) is 0 Å². The summed E-state index contributed by atoms with van der Waals surface area (Å²) in [6.07, 6.45) is 7.22. The summed E-state index contributed by atoms with van der Waals surface area (Å²) < 4.78 is 0.909. The number of halogens is 1. The molecule has 1 atom stereocenters. The second-order valence-corrected chi connectivity index (χ2v) is 11.2. The quantitative estimate of drug-likeness (QED) is 0.217. The van der Waals surface area contributed by atoms with Gasteiger partial charge in [-0.15, -0.1) is 0 Å². The molecule has 0 aliphatic heterocycles. The number of amides is 1. The van der Waals surface area contributed by atoms with Gasteiger partial charge in [-0.25, -0.2) is 4.98 Å². The van der Waals surface area contributed by atoms with Crippen LogP contribution in [0.2, 0.25) is 0 Å². The summed E-state index contributed by atoms with van der Waals surface area (Å²) in [6, 6.07) is 17.4. The fourth-order valence-corrected chi connectivity index (χ4v) is 5.46. The zero-order valence-electron chi connectivity index (χ0n) is 22.2. The zero-order chi connectivity index (χ0) is 27.4. The number of aromatic nitrogens is 3. The number of carbonyl (C=O) groups excluding carboxylic acids is 2. The molecule has 4 aromatic rings. The number of hydrogen-bond acceptors (Lipinski definition) is 6. The molecule has 2 aromatic heterocycles. The SMILES string of the molecule is CN(C)c1ccnc(N[C@H]2CC[C@@H](NC(=O)C(CC(=O)c3ccc(Br)cc3)c3c[nH]c4ccccc34)CC2)n1. The molecule has 9 heteroatoms. The third-order valence-corrected chi connectivity index (χ3v) is 7.90. The largest absolute Gasteiger partial charge is 0.363 e. The van der Waals surface area contributed by atoms with Gasteiger partial charge in [0.1, 0.15) is 5.82 Å². The molecule has 2 aromatic carbocycles. The van der Waals surface area contributed by atoms with Gasteiger partial charge in [-0.3, -0.25) is 9.59 Å². The third kappa shape index (κ3) is 6.47. The Morgan fingerprint density at radius 1 is 1.03 bits per heavy atom. The third-order valence-electron chi connectivity index (χ3n) is 7.37. The monoisotopic (exact) mass is 588 g/mol. The van der Waals surface area contributed by atoms with E-state index in [0.29, 0.717) is 11.5 Å². The van der Waals surface area contributed by atoms with E-state index in [0.717, 1.165) is 52.4 Å². The Kier molecular flexibility index (Phi) is 8.26. The van der Waals surface area contributed by atoms with Crippen LogP contribution in [0.4, 0.5) is 11.8 Å². The molecule has 0 radical (unpaired) electrons. The number of fused-ring (bicyclic) bond motifs is 1. The molecule has 5 rings (SSSR count). The van der Waals surface area contributed by atoms with Gasteiger partial charge in [-0.2, -0.15) is 4.98 Å². The van der Waals surface area contributed by atoms with Crippen LogP contribution in [0, 0.1) is 0 Å². The van der Waals surface area contributed by atoms with E-state index in [2.05, 4.69) is 41.5 Å². The predicted octanol–water partition coefficient (Wildman–Crippen LogP) is 5.68. The number of benzene rings is 2. The van der Waals surface area contributed by atoms with Crippen molar-refractivity contribution < 1.29 is 9.59 Å². The first-order chi connectivity index (χ1) is 18.9. The van der Waals surface area contributed by atoms with Gasteiger partial charge < -0.3 is 20.5 Å². The maximum Gasteiger partial charge on any atom is 0.228 e. The molecule has 39 heavy (non-hydrogen) atoms. The van der Waals surface area contributed by atoms with Gasteiger partial charge >= 0.3 is 0 Å². The summed E-state index contributed by atoms with van der Waals surface area (Å²) in [5, 5.41) is 7.68. The lowest BCUT2D eigenvalue weighted by Gasteiger charge is -2.31. The molecule has 0 spiro atoms. The second-order valence-electron chi connectivity index (χ2n) is 10.3. The van der Waals surface area contributed by atoms with Crippen molar-refractivity contribution in [1.82, 2.24) is 20.3 Å². The van der Waals surface area contributed by atoms with E-state index < -0.39 is 5.92 Å². The van der Waals surface area contributed by atoms with Gasteiger partial charge in [0, 0.05) is 65.9 Å². The van der Waals surface area contributed by atoms with E-state index in [1.54, 1.807) is 18.3 Å². The number of aromatic amines is 1. The van der Waals surface area contributed by atoms with Crippen LogP contribution < -0.4 is 15.5 Å². The Bertz CT molecular complexity index is 1440. The van der Waals surface area contributed by atoms with Gasteiger partial charge in [-0.05, 0) is 55.5 Å². The lowest BCUT2D eigenvalue weighted by molar-refractivity contribution is -0.123. The molecule has 1 aliphatic rings. The van der Waals surface area contributed by atoms with E-state index in [-0.39, 0.29) is 30.2 Å². The zero-order valence-corrected chi connectivity index (χ0v) is 23.7. The van der Waals surface area contributed by atoms with Crippen molar-refractivity contribution in [1.29, 1.82) is 0 Å². The second kappa shape index (κ2) is 12.0. The number of H-pyrrole nitrogens is 1. The number of carbonyl (C=O) groups is 2. The van der Waals surface area contributed by atoms with Gasteiger partial charge in [-0.1, -0.05) is 46.3 Å². The predicted molar refractivity (Wildman–Crippen MR) is 158 cm³/mol. The molecule has 8 nitrogen and oxygen atoms in total. The van der Waals surface area contributed by atoms with Crippen molar-refractivity contribution >= 4 is 50.3 Å². The summed E-state index contributed by atoms with van der Waals surface area (Å²) in [5.41, 5.74) is 2.40. The molecule has 1 fully saturated rings. The maximum absolute atomic E-state index is 13.7. The van der Waals surface area contributed by atoms with Gasteiger partial charge in [0.15, 0.2) is 5.78 Å². The van der Waals surface area contributed by atoms with Crippen LogP contribution in [0.15, 0.2) is 71.5 Å². The molecule has 0 saturated heterocycles. The molecule has 1 saturated carbocycles. The van der Waals surface area contributed by atoms with E-state index in [1.165, 1.54) is 0 Å². The van der Waals surface area contributed by atoms with Gasteiger partial charge in [0.05, 0.1) is 5.92 Å². The molecule has 1 amide bonds. The topological polar surface area (TPSA) is 103 Å². The Balaban J connectivity index is 1.26. The highest BCUT2D eigenvalue weighted by molar-refractivity contribution is 9.10. The normalized spacial score (nSPS) is 17.9. The number of hydrogen-bond donors (Lipinski definition) is 3. The van der Waals surface area contributed by atoms with E-state index in [4.69, 9.17) is 0 Å². The number of Topliss-reactive ketones (excluding diaryl/α,β-unsaturated/α-hetero) is 1. The average molecular weight is 590 g/mol. The highest BCUT2D eigenvalue weighted by Crippen LogP contribution is 2.31. The van der Waals surface area contributed by atoms with Crippen LogP contribution >= 0.6 is 15.9 Å². The van der Waals surface area contributed by atoms with Crippen LogP contribution in [0.5, 0.6) is 0 Å². The fourth-order valence-electron chi connectivity index (χ4n) is 5.20. The van der Waals surface area contributed by atoms with Crippen molar-refractivity contribution in [3.05, 3.63) is 82.6 Å². The molecule has 3 N–H and O–H groups in total. The molecular weight excluding hydrogens is 556 g/mol. The van der Waals surface area contributed by atoms with E-state index >= 15 is 0 Å². The molecule has 202 valence electrons. The average Bonchev–Trinajstić information content (AvgIpc) is 3.37. The minimum Gasteiger partial charge on any atom is -0.363 e. The van der Waals surface area contributed by atoms with Crippen molar-refractivity contribution in [3.8, 4) is 0 Å². The van der Waals surface area contributed by atoms with Crippen LogP contribution in [0.25, 0.3) is 10.9 Å². The molecule has 2 heterocycles. The van der Waals surface area contributed by atoms with Gasteiger partial charge in [0.2, 0.25) is 11.9 Å². The first-order valence-corrected chi connectivity index (χ1v) is 14.1. The van der Waals surface area contributed by atoms with Crippen molar-refractivity contribution in [2.45, 2.75) is 50.1 Å². The number of nitrogens with one attached hydrogen (secondary N) is 3.